The molecule has 3 rings (SSSR count). The molecule has 0 amide bonds. The van der Waals surface area contributed by atoms with Crippen molar-refractivity contribution < 1.29 is 4.52 Å². The normalized spacial score (nSPS) is 14.4. The Hall–Kier alpha value is -1.65. The van der Waals surface area contributed by atoms with Crippen molar-refractivity contribution in [3.63, 3.8) is 0 Å². The monoisotopic (exact) mass is 220 g/mol. The quantitative estimate of drug-likeness (QED) is 0.844. The lowest BCUT2D eigenvalue weighted by Crippen LogP contribution is -1.84. The Morgan fingerprint density at radius 3 is 2.69 bits per heavy atom. The molecule has 2 aromatic heterocycles. The molecule has 2 heterocycles. The van der Waals surface area contributed by atoms with Gasteiger partial charge in [-0.15, -0.1) is 0 Å². The molecule has 1 N–H and O–H groups in total. The Bertz CT molecular complexity index is 443. The van der Waals surface area contributed by atoms with E-state index in [1.807, 2.05) is 20.8 Å². The predicted octanol–water partition coefficient (Wildman–Crippen LogP) is 2.67. The molecule has 1 aliphatic rings. The summed E-state index contributed by atoms with van der Waals surface area (Å²) < 4.78 is 5.31. The van der Waals surface area contributed by atoms with E-state index in [2.05, 4.69) is 20.6 Å². The maximum absolute atomic E-state index is 5.31. The summed E-state index contributed by atoms with van der Waals surface area (Å²) in [7, 11) is 0. The van der Waals surface area contributed by atoms with Gasteiger partial charge in [0.25, 0.3) is 0 Å². The van der Waals surface area contributed by atoms with Crippen LogP contribution in [0.2, 0.25) is 0 Å². The van der Waals surface area contributed by atoms with Crippen LogP contribution in [-0.2, 0) is 0 Å². The van der Waals surface area contributed by atoms with E-state index >= 15 is 0 Å². The van der Waals surface area contributed by atoms with Crippen molar-refractivity contribution in [2.75, 3.05) is 0 Å². The largest absolute Gasteiger partial charge is 0.360 e. The molecule has 1 fully saturated rings. The first-order chi connectivity index (χ1) is 7.86. The fourth-order valence-corrected chi connectivity index (χ4v) is 1.65. The van der Waals surface area contributed by atoms with Gasteiger partial charge in [0.1, 0.15) is 11.5 Å². The van der Waals surface area contributed by atoms with Gasteiger partial charge < -0.3 is 4.52 Å². The summed E-state index contributed by atoms with van der Waals surface area (Å²) in [6, 6.07) is 0. The van der Waals surface area contributed by atoms with E-state index in [4.69, 9.17) is 4.52 Å². The van der Waals surface area contributed by atoms with Crippen LogP contribution in [0.5, 0.6) is 0 Å². The molecule has 86 valence electrons. The van der Waals surface area contributed by atoms with Gasteiger partial charge in [-0.1, -0.05) is 19.0 Å². The van der Waals surface area contributed by atoms with E-state index in [1.54, 1.807) is 6.20 Å². The molecule has 0 aromatic carbocycles. The summed E-state index contributed by atoms with van der Waals surface area (Å²) >= 11 is 0. The molecule has 5 nitrogen and oxygen atoms in total. The highest BCUT2D eigenvalue weighted by Crippen LogP contribution is 2.44. The number of H-pyrrole nitrogens is 1. The lowest BCUT2D eigenvalue weighted by atomic mass is 10.1. The van der Waals surface area contributed by atoms with Crippen LogP contribution >= 0.6 is 0 Å². The molecule has 0 spiro atoms. The Morgan fingerprint density at radius 1 is 1.38 bits per heavy atom. The number of aryl methyl sites for hydroxylation is 1. The van der Waals surface area contributed by atoms with Gasteiger partial charge in [0.2, 0.25) is 0 Å². The van der Waals surface area contributed by atoms with Crippen molar-refractivity contribution in [1.29, 1.82) is 0 Å². The van der Waals surface area contributed by atoms with Crippen LogP contribution in [0.3, 0.4) is 0 Å². The number of nitrogens with zero attached hydrogens (tertiary/aromatic N) is 3. The Morgan fingerprint density at radius 2 is 2.12 bits per heavy atom. The van der Waals surface area contributed by atoms with Crippen LogP contribution in [0.25, 0.3) is 11.3 Å². The third-order valence-electron chi connectivity index (χ3n) is 2.51. The van der Waals surface area contributed by atoms with Gasteiger partial charge >= 0.3 is 0 Å². The average molecular weight is 220 g/mol. The lowest BCUT2D eigenvalue weighted by molar-refractivity contribution is 0.381. The molecule has 1 aliphatic carbocycles. The van der Waals surface area contributed by atoms with Crippen molar-refractivity contribution in [2.24, 2.45) is 0 Å². The zero-order chi connectivity index (χ0) is 11.5. The summed E-state index contributed by atoms with van der Waals surface area (Å²) in [6.45, 7) is 5.93. The van der Waals surface area contributed by atoms with Crippen molar-refractivity contribution in [3.05, 3.63) is 17.7 Å². The first-order valence-electron chi connectivity index (χ1n) is 5.68. The van der Waals surface area contributed by atoms with E-state index < -0.39 is 0 Å². The molecular weight excluding hydrogens is 204 g/mol. The highest BCUT2D eigenvalue weighted by molar-refractivity contribution is 5.63. The predicted molar refractivity (Wildman–Crippen MR) is 59.9 cm³/mol. The van der Waals surface area contributed by atoms with Crippen LogP contribution in [0, 0.1) is 6.92 Å². The summed E-state index contributed by atoms with van der Waals surface area (Å²) in [4.78, 5) is 0. The maximum Gasteiger partial charge on any atom is 0.149 e. The zero-order valence-corrected chi connectivity index (χ0v) is 9.82. The zero-order valence-electron chi connectivity index (χ0n) is 9.82. The second-order valence-corrected chi connectivity index (χ2v) is 3.64. The van der Waals surface area contributed by atoms with Crippen molar-refractivity contribution in [2.45, 2.75) is 39.5 Å². The minimum absolute atomic E-state index is 0.544. The van der Waals surface area contributed by atoms with E-state index in [1.165, 1.54) is 12.8 Å². The molecule has 0 atom stereocenters. The Balaban J connectivity index is 0.000000457. The highest BCUT2D eigenvalue weighted by Gasteiger charge is 2.32. The number of nitrogens with one attached hydrogen (secondary N) is 1. The SMILES string of the molecule is CC.Cc1noc(C2CC2)c1-c1cn[nH]n1. The molecule has 5 heteroatoms. The third-order valence-corrected chi connectivity index (χ3v) is 2.51. The molecule has 0 saturated heterocycles. The molecule has 0 bridgehead atoms. The molecule has 16 heavy (non-hydrogen) atoms. The standard InChI is InChI=1S/C9H10N4O.C2H6/c1-5-8(7-4-10-13-11-7)9(14-12-5)6-2-3-6;1-2/h4,6H,2-3H2,1H3,(H,10,11,13);1-2H3. The van der Waals surface area contributed by atoms with Crippen LogP contribution < -0.4 is 0 Å². The van der Waals surface area contributed by atoms with Crippen LogP contribution in [0.4, 0.5) is 0 Å². The van der Waals surface area contributed by atoms with Crippen LogP contribution in [0.1, 0.15) is 44.1 Å². The second-order valence-electron chi connectivity index (χ2n) is 3.64. The molecule has 1 saturated carbocycles. The van der Waals surface area contributed by atoms with E-state index in [0.717, 1.165) is 22.7 Å². The fraction of sp³-hybridized carbons (Fsp3) is 0.545. The fourth-order valence-electron chi connectivity index (χ4n) is 1.65. The summed E-state index contributed by atoms with van der Waals surface area (Å²) in [5.41, 5.74) is 2.73. The lowest BCUT2D eigenvalue weighted by Gasteiger charge is -1.94. The number of hydrogen-bond acceptors (Lipinski definition) is 4. The second kappa shape index (κ2) is 4.47. The number of aromatic amines is 1. The third kappa shape index (κ3) is 1.85. The van der Waals surface area contributed by atoms with Gasteiger partial charge in [-0.2, -0.15) is 15.4 Å². The molecule has 2 aromatic rings. The Kier molecular flexibility index (Phi) is 3.03. The number of hydrogen-bond donors (Lipinski definition) is 1. The number of rotatable bonds is 2. The average Bonchev–Trinajstić information content (AvgIpc) is 2.88. The van der Waals surface area contributed by atoms with Crippen LogP contribution in [0.15, 0.2) is 10.7 Å². The first kappa shape index (κ1) is 10.9. The van der Waals surface area contributed by atoms with Gasteiger partial charge in [0.05, 0.1) is 17.5 Å². The first-order valence-corrected chi connectivity index (χ1v) is 5.68. The maximum atomic E-state index is 5.31. The van der Waals surface area contributed by atoms with E-state index in [-0.39, 0.29) is 0 Å². The van der Waals surface area contributed by atoms with Gasteiger partial charge in [-0.05, 0) is 19.8 Å². The minimum Gasteiger partial charge on any atom is -0.360 e. The van der Waals surface area contributed by atoms with Crippen LogP contribution in [-0.4, -0.2) is 20.6 Å². The smallest absolute Gasteiger partial charge is 0.149 e. The van der Waals surface area contributed by atoms with Gasteiger partial charge in [0.15, 0.2) is 0 Å². The van der Waals surface area contributed by atoms with Gasteiger partial charge in [-0.3, -0.25) is 0 Å². The highest BCUT2D eigenvalue weighted by atomic mass is 16.5. The van der Waals surface area contributed by atoms with Crippen molar-refractivity contribution >= 4 is 0 Å². The minimum atomic E-state index is 0.544. The van der Waals surface area contributed by atoms with E-state index in [0.29, 0.717) is 5.92 Å². The van der Waals surface area contributed by atoms with Gasteiger partial charge in [0, 0.05) is 5.92 Å². The summed E-state index contributed by atoms with van der Waals surface area (Å²) in [5.74, 6) is 1.51. The molecule has 0 unspecified atom stereocenters. The summed E-state index contributed by atoms with van der Waals surface area (Å²) in [5, 5.41) is 14.4. The number of aromatic nitrogens is 4. The topological polar surface area (TPSA) is 67.6 Å². The van der Waals surface area contributed by atoms with Crippen molar-refractivity contribution in [3.8, 4) is 11.3 Å². The molecular formula is C11H16N4O. The molecule has 0 aliphatic heterocycles. The Labute approximate surface area is 94.2 Å². The van der Waals surface area contributed by atoms with Crippen molar-refractivity contribution in [1.82, 2.24) is 20.6 Å². The molecule has 0 radical (unpaired) electrons. The van der Waals surface area contributed by atoms with E-state index in [9.17, 15) is 0 Å². The summed E-state index contributed by atoms with van der Waals surface area (Å²) in [6.07, 6.45) is 4.09. The van der Waals surface area contributed by atoms with Gasteiger partial charge in [-0.25, -0.2) is 0 Å².